The molecule has 20 heavy (non-hydrogen) atoms. The molecule has 5 nitrogen and oxygen atoms in total. The highest BCUT2D eigenvalue weighted by atomic mass is 35.5. The zero-order valence-electron chi connectivity index (χ0n) is 10.4. The van der Waals surface area contributed by atoms with Crippen LogP contribution in [0.3, 0.4) is 0 Å². The highest BCUT2D eigenvalue weighted by Gasteiger charge is 2.07. The lowest BCUT2D eigenvalue weighted by molar-refractivity contribution is 0.259. The summed E-state index contributed by atoms with van der Waals surface area (Å²) in [7, 11) is 0. The zero-order valence-corrected chi connectivity index (χ0v) is 11.1. The number of halogens is 1. The molecule has 0 aliphatic heterocycles. The fraction of sp³-hybridized carbons (Fsp3) is 0. The van der Waals surface area contributed by atoms with Gasteiger partial charge >= 0.3 is 6.03 Å². The fourth-order valence-electron chi connectivity index (χ4n) is 2.09. The second kappa shape index (κ2) is 4.86. The Bertz CT molecular complexity index is 797. The van der Waals surface area contributed by atoms with E-state index in [4.69, 9.17) is 17.3 Å². The van der Waals surface area contributed by atoms with Crippen LogP contribution in [0.15, 0.2) is 48.8 Å². The van der Waals surface area contributed by atoms with Crippen LogP contribution in [0.4, 0.5) is 10.5 Å². The first-order chi connectivity index (χ1) is 9.63. The van der Waals surface area contributed by atoms with E-state index < -0.39 is 6.03 Å². The quantitative estimate of drug-likeness (QED) is 0.759. The summed E-state index contributed by atoms with van der Waals surface area (Å²) in [6.45, 7) is 0. The van der Waals surface area contributed by atoms with Gasteiger partial charge < -0.3 is 11.1 Å². The molecule has 0 saturated heterocycles. The maximum Gasteiger partial charge on any atom is 0.316 e. The van der Waals surface area contributed by atoms with Gasteiger partial charge in [0.05, 0.1) is 16.7 Å². The van der Waals surface area contributed by atoms with Gasteiger partial charge in [-0.2, -0.15) is 5.10 Å². The van der Waals surface area contributed by atoms with Gasteiger partial charge in [-0.05, 0) is 29.8 Å². The van der Waals surface area contributed by atoms with E-state index in [9.17, 15) is 4.79 Å². The van der Waals surface area contributed by atoms with Gasteiger partial charge in [0.1, 0.15) is 0 Å². The molecule has 0 fully saturated rings. The van der Waals surface area contributed by atoms with Crippen LogP contribution in [0.1, 0.15) is 0 Å². The van der Waals surface area contributed by atoms with E-state index >= 15 is 0 Å². The zero-order chi connectivity index (χ0) is 14.1. The van der Waals surface area contributed by atoms with Crippen molar-refractivity contribution < 1.29 is 4.79 Å². The van der Waals surface area contributed by atoms with E-state index in [1.54, 1.807) is 23.0 Å². The third-order valence-corrected chi connectivity index (χ3v) is 3.14. The number of hydrogen-bond acceptors (Lipinski definition) is 2. The highest BCUT2D eigenvalue weighted by Crippen LogP contribution is 2.27. The Morgan fingerprint density at radius 1 is 1.30 bits per heavy atom. The minimum atomic E-state index is -0.589. The number of carbonyl (C=O) groups is 1. The standard InChI is InChI=1S/C14H11ClN4O/c15-10-4-5-13-12(7-17-19(13)8-10)9-2-1-3-11(6-9)18-14(16)20/h1-8H,(H3,16,18,20). The number of primary amides is 1. The summed E-state index contributed by atoms with van der Waals surface area (Å²) in [5.41, 5.74) is 8.59. The number of fused-ring (bicyclic) bond motifs is 1. The van der Waals surface area contributed by atoms with E-state index in [1.165, 1.54) is 0 Å². The average Bonchev–Trinajstić information content (AvgIpc) is 2.81. The maximum atomic E-state index is 10.9. The van der Waals surface area contributed by atoms with E-state index in [2.05, 4.69) is 10.4 Å². The van der Waals surface area contributed by atoms with Gasteiger partial charge in [0, 0.05) is 17.4 Å². The second-order valence-corrected chi connectivity index (χ2v) is 4.74. The summed E-state index contributed by atoms with van der Waals surface area (Å²) in [6, 6.07) is 10.5. The smallest absolute Gasteiger partial charge is 0.316 e. The maximum absolute atomic E-state index is 10.9. The number of rotatable bonds is 2. The van der Waals surface area contributed by atoms with Crippen molar-refractivity contribution in [2.75, 3.05) is 5.32 Å². The van der Waals surface area contributed by atoms with Gasteiger partial charge in [-0.15, -0.1) is 0 Å². The van der Waals surface area contributed by atoms with Gasteiger partial charge in [-0.1, -0.05) is 23.7 Å². The van der Waals surface area contributed by atoms with Gasteiger partial charge in [0.25, 0.3) is 0 Å². The van der Waals surface area contributed by atoms with Gasteiger partial charge in [0.2, 0.25) is 0 Å². The molecule has 3 rings (SSSR count). The molecule has 3 aromatic rings. The van der Waals surface area contributed by atoms with Crippen molar-refractivity contribution in [3.8, 4) is 11.1 Å². The molecule has 0 bridgehead atoms. The largest absolute Gasteiger partial charge is 0.351 e. The van der Waals surface area contributed by atoms with Gasteiger partial charge in [-0.25, -0.2) is 9.31 Å². The Hall–Kier alpha value is -2.53. The first-order valence-corrected chi connectivity index (χ1v) is 6.31. The molecule has 0 saturated carbocycles. The van der Waals surface area contributed by atoms with Crippen LogP contribution in [0, 0.1) is 0 Å². The molecular formula is C14H11ClN4O. The number of nitrogens with one attached hydrogen (secondary N) is 1. The van der Waals surface area contributed by atoms with Gasteiger partial charge in [-0.3, -0.25) is 0 Å². The highest BCUT2D eigenvalue weighted by molar-refractivity contribution is 6.30. The summed E-state index contributed by atoms with van der Waals surface area (Å²) in [6.07, 6.45) is 3.50. The molecule has 2 aromatic heterocycles. The number of nitrogens with two attached hydrogens (primary N) is 1. The first-order valence-electron chi connectivity index (χ1n) is 5.93. The predicted molar refractivity (Wildman–Crippen MR) is 78.8 cm³/mol. The Balaban J connectivity index is 2.09. The molecule has 0 unspecified atom stereocenters. The Kier molecular flexibility index (Phi) is 3.04. The summed E-state index contributed by atoms with van der Waals surface area (Å²) in [5.74, 6) is 0. The number of carbonyl (C=O) groups excluding carboxylic acids is 1. The average molecular weight is 287 g/mol. The van der Waals surface area contributed by atoms with Crippen LogP contribution in [0.5, 0.6) is 0 Å². The third-order valence-electron chi connectivity index (χ3n) is 2.92. The number of pyridine rings is 1. The normalized spacial score (nSPS) is 10.7. The van der Waals surface area contributed by atoms with E-state index in [0.29, 0.717) is 10.7 Å². The van der Waals surface area contributed by atoms with E-state index in [-0.39, 0.29) is 0 Å². The molecule has 0 aliphatic carbocycles. The topological polar surface area (TPSA) is 72.4 Å². The van der Waals surface area contributed by atoms with Crippen molar-refractivity contribution >= 4 is 28.8 Å². The molecule has 3 N–H and O–H groups in total. The fourth-order valence-corrected chi connectivity index (χ4v) is 2.24. The van der Waals surface area contributed by atoms with Crippen LogP contribution in [-0.2, 0) is 0 Å². The summed E-state index contributed by atoms with van der Waals surface area (Å²) in [5, 5.41) is 7.44. The van der Waals surface area contributed by atoms with Crippen molar-refractivity contribution in [3.05, 3.63) is 53.8 Å². The number of anilines is 1. The number of hydrogen-bond donors (Lipinski definition) is 2. The van der Waals surface area contributed by atoms with Crippen LogP contribution in [0.2, 0.25) is 5.02 Å². The lowest BCUT2D eigenvalue weighted by Gasteiger charge is -2.04. The van der Waals surface area contributed by atoms with Crippen LogP contribution in [0.25, 0.3) is 16.6 Å². The molecular weight excluding hydrogens is 276 g/mol. The number of urea groups is 1. The molecule has 6 heteroatoms. The van der Waals surface area contributed by atoms with Crippen LogP contribution >= 0.6 is 11.6 Å². The summed E-state index contributed by atoms with van der Waals surface area (Å²) in [4.78, 5) is 10.9. The predicted octanol–water partition coefficient (Wildman–Crippen LogP) is 3.15. The van der Waals surface area contributed by atoms with Crippen molar-refractivity contribution in [1.82, 2.24) is 9.61 Å². The number of benzene rings is 1. The molecule has 1 aromatic carbocycles. The minimum Gasteiger partial charge on any atom is -0.351 e. The number of aromatic nitrogens is 2. The molecule has 0 aliphatic rings. The summed E-state index contributed by atoms with van der Waals surface area (Å²) >= 11 is 5.93. The van der Waals surface area contributed by atoms with Crippen LogP contribution < -0.4 is 11.1 Å². The third kappa shape index (κ3) is 2.31. The van der Waals surface area contributed by atoms with Gasteiger partial charge in [0.15, 0.2) is 0 Å². The molecule has 2 amide bonds. The minimum absolute atomic E-state index is 0.589. The summed E-state index contributed by atoms with van der Waals surface area (Å²) < 4.78 is 1.71. The number of amides is 2. The number of nitrogens with zero attached hydrogens (tertiary/aromatic N) is 2. The second-order valence-electron chi connectivity index (χ2n) is 4.31. The van der Waals surface area contributed by atoms with Crippen molar-refractivity contribution in [2.45, 2.75) is 0 Å². The van der Waals surface area contributed by atoms with E-state index in [0.717, 1.165) is 16.6 Å². The Labute approximate surface area is 120 Å². The molecule has 100 valence electrons. The molecule has 0 spiro atoms. The van der Waals surface area contributed by atoms with E-state index in [1.807, 2.05) is 30.3 Å². The van der Waals surface area contributed by atoms with Crippen molar-refractivity contribution in [2.24, 2.45) is 5.73 Å². The lowest BCUT2D eigenvalue weighted by Crippen LogP contribution is -2.19. The van der Waals surface area contributed by atoms with Crippen molar-refractivity contribution in [3.63, 3.8) is 0 Å². The molecule has 2 heterocycles. The first kappa shape index (κ1) is 12.5. The Morgan fingerprint density at radius 3 is 2.95 bits per heavy atom. The Morgan fingerprint density at radius 2 is 2.15 bits per heavy atom. The molecule has 0 radical (unpaired) electrons. The van der Waals surface area contributed by atoms with Crippen LogP contribution in [-0.4, -0.2) is 15.6 Å². The monoisotopic (exact) mass is 286 g/mol. The SMILES string of the molecule is NC(=O)Nc1cccc(-c2cnn3cc(Cl)ccc23)c1. The molecule has 0 atom stereocenters. The van der Waals surface area contributed by atoms with Crippen molar-refractivity contribution in [1.29, 1.82) is 0 Å². The lowest BCUT2D eigenvalue weighted by atomic mass is 10.1.